The second kappa shape index (κ2) is 6.03. The zero-order valence-electron chi connectivity index (χ0n) is 6.02. The lowest BCUT2D eigenvalue weighted by Gasteiger charge is -2.03. The molecule has 11 heavy (non-hydrogen) atoms. The molecule has 0 heterocycles. The predicted molar refractivity (Wildman–Crippen MR) is 40.9 cm³/mol. The molecule has 1 aromatic rings. The number of aryl methyl sites for hydroxylation is 1. The van der Waals surface area contributed by atoms with Crippen LogP contribution >= 0.6 is 0 Å². The fraction of sp³-hybridized carbons (Fsp3) is 0.143. The van der Waals surface area contributed by atoms with Crippen LogP contribution < -0.4 is 0 Å². The predicted octanol–water partition coefficient (Wildman–Crippen LogP) is 0.991. The topological polar surface area (TPSA) is 63.2 Å². The van der Waals surface area contributed by atoms with Crippen molar-refractivity contribution >= 4 is 11.4 Å². The van der Waals surface area contributed by atoms with Crippen molar-refractivity contribution < 1.29 is 13.3 Å². The summed E-state index contributed by atoms with van der Waals surface area (Å²) in [5.74, 6) is 0. The summed E-state index contributed by atoms with van der Waals surface area (Å²) in [6, 6.07) is 10.3. The first-order valence-corrected chi connectivity index (χ1v) is 3.91. The molecule has 0 saturated carbocycles. The molecule has 0 aliphatic rings. The van der Waals surface area contributed by atoms with E-state index in [1.165, 1.54) is 5.56 Å². The Morgan fingerprint density at radius 1 is 1.18 bits per heavy atom. The summed E-state index contributed by atoms with van der Waals surface area (Å²) in [5, 5.41) is 0. The standard InChI is InChI=1S/C7H8.H2O3S/c1-7-5-3-2-4-6-7;1-4(2)3/h2-6H,1H3;(H2,1,2,3)/p-2. The molecule has 0 amide bonds. The van der Waals surface area contributed by atoms with Gasteiger partial charge in [-0.05, 0) is 6.92 Å². The molecular weight excluding hydrogens is 164 g/mol. The molecule has 0 spiro atoms. The third-order valence-electron chi connectivity index (χ3n) is 0.940. The lowest BCUT2D eigenvalue weighted by Crippen LogP contribution is -1.76. The molecular formula is C7H8O3S-2. The average molecular weight is 172 g/mol. The molecule has 0 aliphatic carbocycles. The molecule has 0 fully saturated rings. The summed E-state index contributed by atoms with van der Waals surface area (Å²) in [6.45, 7) is 2.08. The van der Waals surface area contributed by atoms with Gasteiger partial charge in [0.25, 0.3) is 0 Å². The minimum absolute atomic E-state index is 1.32. The smallest absolute Gasteiger partial charge is 0.0398 e. The van der Waals surface area contributed by atoms with Crippen molar-refractivity contribution in [1.29, 1.82) is 0 Å². The Balaban J connectivity index is 0.000000218. The molecule has 0 radical (unpaired) electrons. The van der Waals surface area contributed by atoms with E-state index in [0.717, 1.165) is 0 Å². The highest BCUT2D eigenvalue weighted by Gasteiger charge is 1.72. The molecule has 0 unspecified atom stereocenters. The van der Waals surface area contributed by atoms with Crippen LogP contribution in [-0.2, 0) is 11.4 Å². The van der Waals surface area contributed by atoms with Gasteiger partial charge in [0.2, 0.25) is 0 Å². The van der Waals surface area contributed by atoms with Crippen LogP contribution in [0.3, 0.4) is 0 Å². The van der Waals surface area contributed by atoms with Crippen LogP contribution in [-0.4, -0.2) is 13.3 Å². The molecule has 0 aromatic heterocycles. The number of benzene rings is 1. The molecule has 4 heteroatoms. The van der Waals surface area contributed by atoms with Crippen LogP contribution in [0.15, 0.2) is 30.3 Å². The highest BCUT2D eigenvalue weighted by Crippen LogP contribution is 1.92. The van der Waals surface area contributed by atoms with Crippen molar-refractivity contribution in [2.45, 2.75) is 6.92 Å². The fourth-order valence-corrected chi connectivity index (χ4v) is 0.534. The van der Waals surface area contributed by atoms with E-state index in [9.17, 15) is 0 Å². The van der Waals surface area contributed by atoms with Crippen molar-refractivity contribution in [2.24, 2.45) is 0 Å². The zero-order chi connectivity index (χ0) is 8.69. The van der Waals surface area contributed by atoms with Gasteiger partial charge < -0.3 is 9.11 Å². The third-order valence-corrected chi connectivity index (χ3v) is 0.940. The first kappa shape index (κ1) is 10.3. The summed E-state index contributed by atoms with van der Waals surface area (Å²) in [6.07, 6.45) is 0. The van der Waals surface area contributed by atoms with Crippen LogP contribution in [0.4, 0.5) is 0 Å². The van der Waals surface area contributed by atoms with E-state index in [1.807, 2.05) is 18.2 Å². The second-order valence-corrected chi connectivity index (χ2v) is 2.27. The van der Waals surface area contributed by atoms with E-state index in [2.05, 4.69) is 19.1 Å². The molecule has 0 saturated heterocycles. The van der Waals surface area contributed by atoms with E-state index in [0.29, 0.717) is 0 Å². The van der Waals surface area contributed by atoms with Crippen molar-refractivity contribution in [3.63, 3.8) is 0 Å². The minimum atomic E-state index is -3.11. The summed E-state index contributed by atoms with van der Waals surface area (Å²) < 4.78 is 25.3. The van der Waals surface area contributed by atoms with Crippen molar-refractivity contribution in [1.82, 2.24) is 0 Å². The summed E-state index contributed by atoms with van der Waals surface area (Å²) in [7, 11) is 0. The molecule has 62 valence electrons. The second-order valence-electron chi connectivity index (χ2n) is 1.86. The van der Waals surface area contributed by atoms with E-state index < -0.39 is 11.4 Å². The van der Waals surface area contributed by atoms with Crippen LogP contribution in [0.1, 0.15) is 5.56 Å². The van der Waals surface area contributed by atoms with Gasteiger partial charge in [-0.25, -0.2) is 0 Å². The molecule has 3 nitrogen and oxygen atoms in total. The van der Waals surface area contributed by atoms with Gasteiger partial charge in [-0.3, -0.25) is 4.21 Å². The third kappa shape index (κ3) is 9.29. The SMILES string of the molecule is Cc1ccccc1.O=S([O-])[O-]. The quantitative estimate of drug-likeness (QED) is 0.548. The molecule has 0 bridgehead atoms. The van der Waals surface area contributed by atoms with Crippen LogP contribution in [0.5, 0.6) is 0 Å². The molecule has 1 aromatic carbocycles. The number of hydrogen-bond acceptors (Lipinski definition) is 3. The average Bonchev–Trinajstić information content (AvgIpc) is 1.87. The summed E-state index contributed by atoms with van der Waals surface area (Å²) >= 11 is -3.11. The molecule has 0 aliphatic heterocycles. The Morgan fingerprint density at radius 3 is 1.73 bits per heavy atom. The lowest BCUT2D eigenvalue weighted by atomic mass is 10.2. The monoisotopic (exact) mass is 172 g/mol. The van der Waals surface area contributed by atoms with Gasteiger partial charge in [-0.2, -0.15) is 0 Å². The maximum Gasteiger partial charge on any atom is -0.0398 e. The summed E-state index contributed by atoms with van der Waals surface area (Å²) in [5.41, 5.74) is 1.32. The van der Waals surface area contributed by atoms with E-state index >= 15 is 0 Å². The first-order chi connectivity index (χ1) is 5.13. The van der Waals surface area contributed by atoms with Crippen LogP contribution in [0.2, 0.25) is 0 Å². The minimum Gasteiger partial charge on any atom is -0.784 e. The van der Waals surface area contributed by atoms with Crippen molar-refractivity contribution in [3.05, 3.63) is 35.9 Å². The Kier molecular flexibility index (Phi) is 5.64. The molecule has 1 rings (SSSR count). The Morgan fingerprint density at radius 2 is 1.55 bits per heavy atom. The van der Waals surface area contributed by atoms with Crippen LogP contribution in [0.25, 0.3) is 0 Å². The van der Waals surface area contributed by atoms with E-state index in [-0.39, 0.29) is 0 Å². The zero-order valence-corrected chi connectivity index (χ0v) is 6.84. The fourth-order valence-electron chi connectivity index (χ4n) is 0.534. The first-order valence-electron chi connectivity index (χ1n) is 2.91. The molecule has 0 N–H and O–H groups in total. The maximum absolute atomic E-state index is 8.44. The van der Waals surface area contributed by atoms with Gasteiger partial charge in [0.15, 0.2) is 0 Å². The Bertz CT molecular complexity index is 206. The van der Waals surface area contributed by atoms with Crippen molar-refractivity contribution in [2.75, 3.05) is 0 Å². The highest BCUT2D eigenvalue weighted by molar-refractivity contribution is 7.72. The highest BCUT2D eigenvalue weighted by atomic mass is 32.2. The van der Waals surface area contributed by atoms with Gasteiger partial charge in [0.1, 0.15) is 0 Å². The van der Waals surface area contributed by atoms with Gasteiger partial charge in [-0.1, -0.05) is 35.9 Å². The van der Waals surface area contributed by atoms with Crippen molar-refractivity contribution in [3.8, 4) is 0 Å². The van der Waals surface area contributed by atoms with Gasteiger partial charge >= 0.3 is 0 Å². The molecule has 0 atom stereocenters. The Labute approximate surface area is 68.2 Å². The largest absolute Gasteiger partial charge is 0.784 e. The number of hydrogen-bond donors (Lipinski definition) is 0. The van der Waals surface area contributed by atoms with E-state index in [1.54, 1.807) is 0 Å². The normalized spacial score (nSPS) is 8.73. The summed E-state index contributed by atoms with van der Waals surface area (Å²) in [4.78, 5) is 0. The van der Waals surface area contributed by atoms with Crippen LogP contribution in [0, 0.1) is 6.92 Å². The van der Waals surface area contributed by atoms with Gasteiger partial charge in [-0.15, -0.1) is 11.4 Å². The lowest BCUT2D eigenvalue weighted by molar-refractivity contribution is 0.419. The maximum atomic E-state index is 8.44. The Hall–Kier alpha value is -0.710. The van der Waals surface area contributed by atoms with Gasteiger partial charge in [0.05, 0.1) is 0 Å². The number of rotatable bonds is 0. The van der Waals surface area contributed by atoms with E-state index in [4.69, 9.17) is 13.3 Å². The van der Waals surface area contributed by atoms with Gasteiger partial charge in [0, 0.05) is 0 Å².